The first-order valence-corrected chi connectivity index (χ1v) is 8.38. The van der Waals surface area contributed by atoms with Gasteiger partial charge in [0, 0.05) is 17.6 Å². The minimum absolute atomic E-state index is 0.565. The zero-order valence-corrected chi connectivity index (χ0v) is 14.5. The van der Waals surface area contributed by atoms with Gasteiger partial charge in [-0.3, -0.25) is 4.68 Å². The summed E-state index contributed by atoms with van der Waals surface area (Å²) in [6, 6.07) is 0. The average Bonchev–Trinajstić information content (AvgIpc) is 2.95. The molecule has 0 spiro atoms. The van der Waals surface area contributed by atoms with E-state index >= 15 is 0 Å². The number of thiophene rings is 1. The van der Waals surface area contributed by atoms with Crippen LogP contribution < -0.4 is 5.32 Å². The topological polar surface area (TPSA) is 55.6 Å². The van der Waals surface area contributed by atoms with Crippen molar-refractivity contribution in [2.24, 2.45) is 0 Å². The van der Waals surface area contributed by atoms with Crippen molar-refractivity contribution in [1.82, 2.24) is 19.7 Å². The van der Waals surface area contributed by atoms with Crippen LogP contribution in [0.25, 0.3) is 10.2 Å². The van der Waals surface area contributed by atoms with Gasteiger partial charge < -0.3 is 5.32 Å². The molecule has 0 saturated carbocycles. The normalized spacial score (nSPS) is 11.2. The van der Waals surface area contributed by atoms with Crippen LogP contribution in [-0.4, -0.2) is 26.3 Å². The molecular weight excluding hydrogens is 350 g/mol. The van der Waals surface area contributed by atoms with Crippen LogP contribution in [0.3, 0.4) is 0 Å². The van der Waals surface area contributed by atoms with Gasteiger partial charge in [0.05, 0.1) is 16.1 Å². The monoisotopic (exact) mass is 365 g/mol. The van der Waals surface area contributed by atoms with E-state index in [4.69, 9.17) is 4.98 Å². The van der Waals surface area contributed by atoms with E-state index in [-0.39, 0.29) is 0 Å². The van der Waals surface area contributed by atoms with Gasteiger partial charge in [-0.15, -0.1) is 11.3 Å². The predicted octanol–water partition coefficient (Wildman–Crippen LogP) is 3.75. The number of nitrogens with one attached hydrogen (secondary N) is 1. The Balaban J connectivity index is 2.07. The zero-order chi connectivity index (χ0) is 15.0. The lowest BCUT2D eigenvalue weighted by Gasteiger charge is -2.08. The van der Waals surface area contributed by atoms with E-state index < -0.39 is 0 Å². The summed E-state index contributed by atoms with van der Waals surface area (Å²) in [5, 5.41) is 8.76. The van der Waals surface area contributed by atoms with Gasteiger partial charge in [0.15, 0.2) is 5.82 Å². The third-order valence-corrected chi connectivity index (χ3v) is 4.84. The highest BCUT2D eigenvalue weighted by Gasteiger charge is 2.14. The molecular formula is C14H16BrN5S. The standard InChI is InChI=1S/C14H16BrN5S/c1-4-16-13-12-8(2)9(3)21-14(12)19-11(18-13)7-20-6-10(15)5-17-20/h5-6H,4,7H2,1-3H3,(H,16,18,19). The molecule has 3 heterocycles. The SMILES string of the molecule is CCNc1nc(Cn2cc(Br)cn2)nc2sc(C)c(C)c12. The second-order valence-electron chi connectivity index (χ2n) is 4.84. The van der Waals surface area contributed by atoms with Crippen LogP contribution in [0.2, 0.25) is 0 Å². The van der Waals surface area contributed by atoms with E-state index in [1.807, 2.05) is 10.9 Å². The van der Waals surface area contributed by atoms with Gasteiger partial charge in [-0.1, -0.05) is 0 Å². The number of nitrogens with zero attached hydrogens (tertiary/aromatic N) is 4. The molecule has 0 radical (unpaired) electrons. The Morgan fingerprint density at radius 3 is 2.81 bits per heavy atom. The number of rotatable bonds is 4. The summed E-state index contributed by atoms with van der Waals surface area (Å²) in [5.74, 6) is 1.70. The molecule has 3 aromatic rings. The summed E-state index contributed by atoms with van der Waals surface area (Å²) in [7, 11) is 0. The molecule has 1 N–H and O–H groups in total. The molecule has 0 aliphatic heterocycles. The van der Waals surface area contributed by atoms with Crippen LogP contribution in [0.1, 0.15) is 23.2 Å². The second kappa shape index (κ2) is 5.73. The Labute approximate surface area is 135 Å². The lowest BCUT2D eigenvalue weighted by Crippen LogP contribution is -2.08. The number of fused-ring (bicyclic) bond motifs is 1. The Hall–Kier alpha value is -1.47. The van der Waals surface area contributed by atoms with Crippen LogP contribution in [0.15, 0.2) is 16.9 Å². The van der Waals surface area contributed by atoms with E-state index in [1.165, 1.54) is 10.4 Å². The second-order valence-corrected chi connectivity index (χ2v) is 6.96. The molecule has 0 saturated heterocycles. The number of hydrogen-bond donors (Lipinski definition) is 1. The highest BCUT2D eigenvalue weighted by atomic mass is 79.9. The van der Waals surface area contributed by atoms with Gasteiger partial charge in [0.25, 0.3) is 0 Å². The smallest absolute Gasteiger partial charge is 0.153 e. The van der Waals surface area contributed by atoms with E-state index in [0.717, 1.165) is 32.9 Å². The van der Waals surface area contributed by atoms with Crippen LogP contribution in [0.4, 0.5) is 5.82 Å². The lowest BCUT2D eigenvalue weighted by atomic mass is 10.2. The minimum atomic E-state index is 0.565. The minimum Gasteiger partial charge on any atom is -0.370 e. The summed E-state index contributed by atoms with van der Waals surface area (Å²) in [6.07, 6.45) is 3.69. The molecule has 0 atom stereocenters. The number of aromatic nitrogens is 4. The zero-order valence-electron chi connectivity index (χ0n) is 12.1. The molecule has 5 nitrogen and oxygen atoms in total. The first kappa shape index (κ1) is 14.5. The molecule has 21 heavy (non-hydrogen) atoms. The van der Waals surface area contributed by atoms with Crippen molar-refractivity contribution in [1.29, 1.82) is 0 Å². The van der Waals surface area contributed by atoms with Gasteiger partial charge >= 0.3 is 0 Å². The molecule has 0 aliphatic carbocycles. The van der Waals surface area contributed by atoms with Gasteiger partial charge in [-0.25, -0.2) is 9.97 Å². The van der Waals surface area contributed by atoms with E-state index in [2.05, 4.69) is 52.1 Å². The first-order chi connectivity index (χ1) is 10.1. The van der Waals surface area contributed by atoms with Crippen molar-refractivity contribution in [3.8, 4) is 0 Å². The highest BCUT2D eigenvalue weighted by Crippen LogP contribution is 2.33. The number of anilines is 1. The fourth-order valence-corrected chi connectivity index (χ4v) is 3.61. The van der Waals surface area contributed by atoms with E-state index in [9.17, 15) is 0 Å². The van der Waals surface area contributed by atoms with Gasteiger partial charge in [0.2, 0.25) is 0 Å². The molecule has 0 unspecified atom stereocenters. The molecule has 0 aromatic carbocycles. The average molecular weight is 366 g/mol. The number of halogens is 1. The Morgan fingerprint density at radius 2 is 2.14 bits per heavy atom. The maximum Gasteiger partial charge on any atom is 0.153 e. The third-order valence-electron chi connectivity index (χ3n) is 3.32. The van der Waals surface area contributed by atoms with Gasteiger partial charge in [-0.2, -0.15) is 5.10 Å². The van der Waals surface area contributed by atoms with Crippen LogP contribution >= 0.6 is 27.3 Å². The van der Waals surface area contributed by atoms with Crippen LogP contribution in [0, 0.1) is 13.8 Å². The maximum absolute atomic E-state index is 4.70. The van der Waals surface area contributed by atoms with Crippen molar-refractivity contribution in [3.05, 3.63) is 33.1 Å². The number of aryl methyl sites for hydroxylation is 2. The van der Waals surface area contributed by atoms with Crippen molar-refractivity contribution in [2.75, 3.05) is 11.9 Å². The predicted molar refractivity (Wildman–Crippen MR) is 90.1 cm³/mol. The Morgan fingerprint density at radius 1 is 1.33 bits per heavy atom. The fraction of sp³-hybridized carbons (Fsp3) is 0.357. The Kier molecular flexibility index (Phi) is 3.95. The summed E-state index contributed by atoms with van der Waals surface area (Å²) in [4.78, 5) is 11.7. The molecule has 110 valence electrons. The maximum atomic E-state index is 4.70. The Bertz CT molecular complexity index is 792. The fourth-order valence-electron chi connectivity index (χ4n) is 2.23. The van der Waals surface area contributed by atoms with Gasteiger partial charge in [-0.05, 0) is 42.3 Å². The molecule has 7 heteroatoms. The van der Waals surface area contributed by atoms with Crippen molar-refractivity contribution >= 4 is 43.3 Å². The number of hydrogen-bond acceptors (Lipinski definition) is 5. The van der Waals surface area contributed by atoms with Gasteiger partial charge in [0.1, 0.15) is 17.2 Å². The quantitative estimate of drug-likeness (QED) is 0.764. The molecule has 0 amide bonds. The van der Waals surface area contributed by atoms with Crippen molar-refractivity contribution < 1.29 is 0 Å². The highest BCUT2D eigenvalue weighted by molar-refractivity contribution is 9.10. The molecule has 3 rings (SSSR count). The lowest BCUT2D eigenvalue weighted by molar-refractivity contribution is 0.658. The largest absolute Gasteiger partial charge is 0.370 e. The summed E-state index contributed by atoms with van der Waals surface area (Å²) in [5.41, 5.74) is 1.26. The molecule has 0 aliphatic rings. The van der Waals surface area contributed by atoms with Crippen LogP contribution in [0.5, 0.6) is 0 Å². The summed E-state index contributed by atoms with van der Waals surface area (Å²) < 4.78 is 2.78. The first-order valence-electron chi connectivity index (χ1n) is 6.77. The summed E-state index contributed by atoms with van der Waals surface area (Å²) >= 11 is 5.12. The molecule has 0 fully saturated rings. The van der Waals surface area contributed by atoms with Crippen molar-refractivity contribution in [3.63, 3.8) is 0 Å². The summed E-state index contributed by atoms with van der Waals surface area (Å²) in [6.45, 7) is 7.74. The van der Waals surface area contributed by atoms with Crippen molar-refractivity contribution in [2.45, 2.75) is 27.3 Å². The molecule has 0 bridgehead atoms. The van der Waals surface area contributed by atoms with E-state index in [1.54, 1.807) is 17.5 Å². The molecule has 3 aromatic heterocycles. The van der Waals surface area contributed by atoms with E-state index in [0.29, 0.717) is 6.54 Å². The third kappa shape index (κ3) is 2.80. The van der Waals surface area contributed by atoms with Crippen LogP contribution in [-0.2, 0) is 6.54 Å².